The summed E-state index contributed by atoms with van der Waals surface area (Å²) in [6, 6.07) is 2.18. The quantitative estimate of drug-likeness (QED) is 0.237. The van der Waals surface area contributed by atoms with E-state index in [2.05, 4.69) is 5.10 Å². The minimum absolute atomic E-state index is 0.249. The Morgan fingerprint density at radius 3 is 2.53 bits per heavy atom. The first-order chi connectivity index (χ1) is 7.90. The third-order valence-corrected chi connectivity index (χ3v) is 2.24. The van der Waals surface area contributed by atoms with Crippen LogP contribution in [-0.2, 0) is 0 Å². The molecule has 0 saturated carbocycles. The van der Waals surface area contributed by atoms with Gasteiger partial charge in [-0.25, -0.2) is 4.79 Å². The molecule has 0 fully saturated rings. The molecule has 0 heterocycles. The van der Waals surface area contributed by atoms with Crippen LogP contribution in [0.3, 0.4) is 0 Å². The number of halogens is 1. The molecule has 5 N–H and O–H groups in total. The van der Waals surface area contributed by atoms with Crippen LogP contribution in [0.2, 0.25) is 5.02 Å². The standard InChI is InChI=1S/C8H7ClN4O4/c9-4-2-1-3(8(14)15)5(7(10)12-11)6(4)13(16)17/h1-2H,11H2,(H2,10,12)(H,14,15). The zero-order valence-electron chi connectivity index (χ0n) is 8.25. The highest BCUT2D eigenvalue weighted by molar-refractivity contribution is 6.34. The Morgan fingerprint density at radius 1 is 1.53 bits per heavy atom. The molecule has 0 aliphatic rings. The fourth-order valence-electron chi connectivity index (χ4n) is 1.25. The number of rotatable bonds is 3. The van der Waals surface area contributed by atoms with Crippen LogP contribution in [0.5, 0.6) is 0 Å². The van der Waals surface area contributed by atoms with Crippen molar-refractivity contribution < 1.29 is 14.8 Å². The fourth-order valence-corrected chi connectivity index (χ4v) is 1.47. The molecule has 8 nitrogen and oxygen atoms in total. The highest BCUT2D eigenvalue weighted by Crippen LogP contribution is 2.30. The molecule has 0 spiro atoms. The van der Waals surface area contributed by atoms with Crippen LogP contribution in [0.25, 0.3) is 0 Å². The molecular formula is C8H7ClN4O4. The van der Waals surface area contributed by atoms with Gasteiger partial charge in [0, 0.05) is 0 Å². The second-order valence-electron chi connectivity index (χ2n) is 2.90. The van der Waals surface area contributed by atoms with Crippen molar-refractivity contribution in [3.63, 3.8) is 0 Å². The van der Waals surface area contributed by atoms with E-state index in [1.54, 1.807) is 0 Å². The third-order valence-electron chi connectivity index (χ3n) is 1.94. The molecule has 17 heavy (non-hydrogen) atoms. The second kappa shape index (κ2) is 4.66. The van der Waals surface area contributed by atoms with Crippen LogP contribution in [-0.4, -0.2) is 21.8 Å². The summed E-state index contributed by atoms with van der Waals surface area (Å²) in [6.45, 7) is 0. The fraction of sp³-hybridized carbons (Fsp3) is 0. The van der Waals surface area contributed by atoms with Crippen molar-refractivity contribution in [2.75, 3.05) is 0 Å². The number of nitrogens with two attached hydrogens (primary N) is 2. The van der Waals surface area contributed by atoms with E-state index >= 15 is 0 Å². The largest absolute Gasteiger partial charge is 0.478 e. The van der Waals surface area contributed by atoms with Gasteiger partial charge in [-0.1, -0.05) is 11.6 Å². The van der Waals surface area contributed by atoms with Crippen molar-refractivity contribution in [2.24, 2.45) is 16.7 Å². The van der Waals surface area contributed by atoms with Gasteiger partial charge in [0.15, 0.2) is 5.84 Å². The lowest BCUT2D eigenvalue weighted by atomic mass is 10.0. The predicted octanol–water partition coefficient (Wildman–Crippen LogP) is 0.525. The van der Waals surface area contributed by atoms with Crippen LogP contribution in [0.1, 0.15) is 15.9 Å². The highest BCUT2D eigenvalue weighted by atomic mass is 35.5. The summed E-state index contributed by atoms with van der Waals surface area (Å²) in [5.41, 5.74) is 3.90. The van der Waals surface area contributed by atoms with E-state index in [-0.39, 0.29) is 5.02 Å². The molecular weight excluding hydrogens is 252 g/mol. The zero-order valence-corrected chi connectivity index (χ0v) is 9.01. The SMILES string of the molecule is NN=C(N)c1c(C(=O)O)ccc(Cl)c1[N+](=O)[O-]. The maximum Gasteiger partial charge on any atom is 0.336 e. The van der Waals surface area contributed by atoms with Crippen LogP contribution in [0.15, 0.2) is 17.2 Å². The number of carboxylic acid groups (broad SMARTS) is 1. The number of hydrogen-bond acceptors (Lipinski definition) is 5. The molecule has 1 rings (SSSR count). The molecule has 0 aliphatic carbocycles. The molecule has 0 bridgehead atoms. The average Bonchev–Trinajstić information content (AvgIpc) is 2.26. The molecule has 0 radical (unpaired) electrons. The lowest BCUT2D eigenvalue weighted by molar-refractivity contribution is -0.384. The molecule has 0 unspecified atom stereocenters. The molecule has 1 aromatic carbocycles. The first kappa shape index (κ1) is 12.7. The molecule has 0 aromatic heterocycles. The molecule has 0 amide bonds. The van der Waals surface area contributed by atoms with Crippen molar-refractivity contribution in [2.45, 2.75) is 0 Å². The van der Waals surface area contributed by atoms with Crippen LogP contribution in [0.4, 0.5) is 5.69 Å². The van der Waals surface area contributed by atoms with Crippen LogP contribution in [0, 0.1) is 10.1 Å². The van der Waals surface area contributed by atoms with E-state index in [1.807, 2.05) is 0 Å². The summed E-state index contributed by atoms with van der Waals surface area (Å²) in [5, 5.41) is 22.5. The number of nitro benzene ring substituents is 1. The van der Waals surface area contributed by atoms with Crippen molar-refractivity contribution in [1.82, 2.24) is 0 Å². The van der Waals surface area contributed by atoms with Gasteiger partial charge in [0.05, 0.1) is 10.5 Å². The van der Waals surface area contributed by atoms with Gasteiger partial charge in [-0.2, -0.15) is 5.10 Å². The third kappa shape index (κ3) is 2.26. The Bertz CT molecular complexity index is 529. The number of carbonyl (C=O) groups is 1. The average molecular weight is 259 g/mol. The van der Waals surface area contributed by atoms with Crippen molar-refractivity contribution in [3.8, 4) is 0 Å². The number of nitro groups is 1. The summed E-state index contributed by atoms with van der Waals surface area (Å²) < 4.78 is 0. The zero-order chi connectivity index (χ0) is 13.2. The number of benzene rings is 1. The maximum absolute atomic E-state index is 10.9. The van der Waals surface area contributed by atoms with Gasteiger partial charge in [0.2, 0.25) is 0 Å². The summed E-state index contributed by atoms with van der Waals surface area (Å²) in [4.78, 5) is 20.9. The number of carboxylic acids is 1. The Balaban J connectivity index is 3.74. The van der Waals surface area contributed by atoms with Gasteiger partial charge < -0.3 is 16.7 Å². The van der Waals surface area contributed by atoms with E-state index < -0.39 is 33.5 Å². The normalized spacial score (nSPS) is 11.2. The molecule has 90 valence electrons. The van der Waals surface area contributed by atoms with Crippen LogP contribution >= 0.6 is 11.6 Å². The van der Waals surface area contributed by atoms with Crippen molar-refractivity contribution >= 4 is 29.1 Å². The summed E-state index contributed by atoms with van der Waals surface area (Å²) in [5.74, 6) is 3.02. The Hall–Kier alpha value is -2.35. The second-order valence-corrected chi connectivity index (χ2v) is 3.30. The minimum Gasteiger partial charge on any atom is -0.478 e. The van der Waals surface area contributed by atoms with Gasteiger partial charge >= 0.3 is 5.97 Å². The molecule has 0 saturated heterocycles. The van der Waals surface area contributed by atoms with E-state index in [4.69, 9.17) is 28.3 Å². The van der Waals surface area contributed by atoms with Gasteiger partial charge in [0.1, 0.15) is 10.6 Å². The van der Waals surface area contributed by atoms with Gasteiger partial charge in [-0.15, -0.1) is 0 Å². The van der Waals surface area contributed by atoms with Gasteiger partial charge in [0.25, 0.3) is 5.69 Å². The maximum atomic E-state index is 10.9. The van der Waals surface area contributed by atoms with E-state index in [0.717, 1.165) is 12.1 Å². The Morgan fingerprint density at radius 2 is 2.12 bits per heavy atom. The summed E-state index contributed by atoms with van der Waals surface area (Å²) in [7, 11) is 0. The van der Waals surface area contributed by atoms with Crippen molar-refractivity contribution in [1.29, 1.82) is 0 Å². The van der Waals surface area contributed by atoms with E-state index in [9.17, 15) is 14.9 Å². The molecule has 1 aromatic rings. The Kier molecular flexibility index (Phi) is 3.49. The number of nitrogens with zero attached hydrogens (tertiary/aromatic N) is 2. The first-order valence-corrected chi connectivity index (χ1v) is 4.51. The number of hydrazone groups is 1. The van der Waals surface area contributed by atoms with Crippen molar-refractivity contribution in [3.05, 3.63) is 38.4 Å². The predicted molar refractivity (Wildman–Crippen MR) is 60.0 cm³/mol. The monoisotopic (exact) mass is 258 g/mol. The van der Waals surface area contributed by atoms with Gasteiger partial charge in [-0.05, 0) is 12.1 Å². The van der Waals surface area contributed by atoms with Gasteiger partial charge in [-0.3, -0.25) is 10.1 Å². The Labute approximate surface area is 99.6 Å². The number of hydrogen-bond donors (Lipinski definition) is 3. The number of amidine groups is 1. The molecule has 0 atom stereocenters. The lowest BCUT2D eigenvalue weighted by Crippen LogP contribution is -2.21. The topological polar surface area (TPSA) is 145 Å². The smallest absolute Gasteiger partial charge is 0.336 e. The first-order valence-electron chi connectivity index (χ1n) is 4.14. The van der Waals surface area contributed by atoms with E-state index in [0.29, 0.717) is 0 Å². The highest BCUT2D eigenvalue weighted by Gasteiger charge is 2.27. The number of aromatic carboxylic acids is 1. The summed E-state index contributed by atoms with van der Waals surface area (Å²) >= 11 is 5.62. The molecule has 0 aliphatic heterocycles. The minimum atomic E-state index is -1.40. The molecule has 9 heteroatoms. The summed E-state index contributed by atoms with van der Waals surface area (Å²) in [6.07, 6.45) is 0. The van der Waals surface area contributed by atoms with Crippen LogP contribution < -0.4 is 11.6 Å². The van der Waals surface area contributed by atoms with E-state index in [1.165, 1.54) is 0 Å². The lowest BCUT2D eigenvalue weighted by Gasteiger charge is -2.06.